The summed E-state index contributed by atoms with van der Waals surface area (Å²) >= 11 is 5.85. The summed E-state index contributed by atoms with van der Waals surface area (Å²) in [5.41, 5.74) is 3.05. The minimum absolute atomic E-state index is 0.165. The van der Waals surface area contributed by atoms with Gasteiger partial charge in [0.1, 0.15) is 12.4 Å². The van der Waals surface area contributed by atoms with Crippen molar-refractivity contribution in [2.75, 3.05) is 5.32 Å². The number of carbonyl (C=O) groups is 1. The number of hydrogen-bond acceptors (Lipinski definition) is 3. The summed E-state index contributed by atoms with van der Waals surface area (Å²) in [7, 11) is 1.82. The molecule has 3 rings (SSSR count). The van der Waals surface area contributed by atoms with Crippen molar-refractivity contribution in [3.05, 3.63) is 76.6 Å². The third-order valence-electron chi connectivity index (χ3n) is 3.70. The molecule has 128 valence electrons. The summed E-state index contributed by atoms with van der Waals surface area (Å²) in [6, 6.07) is 14.5. The van der Waals surface area contributed by atoms with E-state index in [4.69, 9.17) is 16.3 Å². The monoisotopic (exact) mass is 355 g/mol. The van der Waals surface area contributed by atoms with E-state index in [1.165, 1.54) is 0 Å². The Morgan fingerprint density at radius 1 is 1.16 bits per heavy atom. The van der Waals surface area contributed by atoms with Crippen LogP contribution in [0.4, 0.5) is 5.69 Å². The molecule has 0 saturated carbocycles. The lowest BCUT2D eigenvalue weighted by Crippen LogP contribution is -2.12. The molecule has 2 aromatic carbocycles. The number of halogens is 1. The van der Waals surface area contributed by atoms with Gasteiger partial charge in [-0.3, -0.25) is 9.48 Å². The number of benzene rings is 2. The highest BCUT2D eigenvalue weighted by atomic mass is 35.5. The van der Waals surface area contributed by atoms with Gasteiger partial charge >= 0.3 is 0 Å². The van der Waals surface area contributed by atoms with Crippen LogP contribution in [-0.4, -0.2) is 15.7 Å². The van der Waals surface area contributed by atoms with E-state index < -0.39 is 0 Å². The lowest BCUT2D eigenvalue weighted by atomic mass is 10.1. The number of anilines is 1. The molecule has 0 atom stereocenters. The molecule has 6 heteroatoms. The molecule has 0 saturated heterocycles. The molecule has 0 aliphatic carbocycles. The highest BCUT2D eigenvalue weighted by Crippen LogP contribution is 2.18. The second-order valence-corrected chi connectivity index (χ2v) is 6.13. The van der Waals surface area contributed by atoms with Gasteiger partial charge < -0.3 is 10.1 Å². The molecule has 0 spiro atoms. The maximum Gasteiger partial charge on any atom is 0.255 e. The first kappa shape index (κ1) is 17.0. The molecule has 1 aromatic heterocycles. The fourth-order valence-corrected chi connectivity index (χ4v) is 2.49. The van der Waals surface area contributed by atoms with Crippen LogP contribution in [0, 0.1) is 6.92 Å². The number of ether oxygens (including phenoxy) is 1. The molecule has 0 unspecified atom stereocenters. The van der Waals surface area contributed by atoms with Crippen LogP contribution in [0.3, 0.4) is 0 Å². The van der Waals surface area contributed by atoms with Gasteiger partial charge in [0.2, 0.25) is 0 Å². The Bertz CT molecular complexity index is 871. The van der Waals surface area contributed by atoms with E-state index in [9.17, 15) is 4.79 Å². The van der Waals surface area contributed by atoms with E-state index >= 15 is 0 Å². The topological polar surface area (TPSA) is 56.2 Å². The average molecular weight is 356 g/mol. The van der Waals surface area contributed by atoms with Crippen LogP contribution in [0.5, 0.6) is 5.75 Å². The largest absolute Gasteiger partial charge is 0.489 e. The van der Waals surface area contributed by atoms with Crippen LogP contribution in [0.2, 0.25) is 5.02 Å². The molecule has 1 N–H and O–H groups in total. The first-order chi connectivity index (χ1) is 12.0. The van der Waals surface area contributed by atoms with Crippen molar-refractivity contribution in [3.63, 3.8) is 0 Å². The minimum Gasteiger partial charge on any atom is -0.489 e. The lowest BCUT2D eigenvalue weighted by Gasteiger charge is -2.08. The molecule has 0 fully saturated rings. The predicted molar refractivity (Wildman–Crippen MR) is 98.1 cm³/mol. The maximum absolute atomic E-state index is 12.3. The van der Waals surface area contributed by atoms with Gasteiger partial charge in [-0.15, -0.1) is 0 Å². The van der Waals surface area contributed by atoms with Gasteiger partial charge in [-0.05, 0) is 48.9 Å². The smallest absolute Gasteiger partial charge is 0.255 e. The van der Waals surface area contributed by atoms with Crippen molar-refractivity contribution in [1.82, 2.24) is 9.78 Å². The Hall–Kier alpha value is -2.79. The molecular weight excluding hydrogens is 338 g/mol. The Labute approximate surface area is 151 Å². The summed E-state index contributed by atoms with van der Waals surface area (Å²) in [6.45, 7) is 2.28. The molecule has 3 aromatic rings. The molecule has 0 bridgehead atoms. The van der Waals surface area contributed by atoms with Crippen LogP contribution in [-0.2, 0) is 13.7 Å². The fraction of sp³-hybridized carbons (Fsp3) is 0.158. The van der Waals surface area contributed by atoms with Crippen molar-refractivity contribution < 1.29 is 9.53 Å². The van der Waals surface area contributed by atoms with Gasteiger partial charge in [-0.25, -0.2) is 0 Å². The van der Waals surface area contributed by atoms with Crippen LogP contribution in [0.25, 0.3) is 0 Å². The van der Waals surface area contributed by atoms with Crippen LogP contribution in [0.1, 0.15) is 21.6 Å². The molecule has 0 radical (unpaired) electrons. The summed E-state index contributed by atoms with van der Waals surface area (Å²) in [6.07, 6.45) is 1.78. The summed E-state index contributed by atoms with van der Waals surface area (Å²) in [5, 5.41) is 7.74. The number of nitrogens with zero attached hydrogens (tertiary/aromatic N) is 2. The van der Waals surface area contributed by atoms with Crippen molar-refractivity contribution >= 4 is 23.2 Å². The van der Waals surface area contributed by atoms with E-state index in [0.29, 0.717) is 22.9 Å². The second-order valence-electron chi connectivity index (χ2n) is 5.70. The van der Waals surface area contributed by atoms with E-state index in [2.05, 4.69) is 10.4 Å². The molecule has 25 heavy (non-hydrogen) atoms. The highest BCUT2D eigenvalue weighted by molar-refractivity contribution is 6.30. The third kappa shape index (κ3) is 4.39. The Balaban J connectivity index is 1.60. The highest BCUT2D eigenvalue weighted by Gasteiger charge is 2.10. The SMILES string of the molecule is Cc1nn(C)cc1NC(=O)c1ccc(COc2ccc(Cl)cc2)cc1. The molecular formula is C19H18ClN3O2. The number of carbonyl (C=O) groups excluding carboxylic acids is 1. The third-order valence-corrected chi connectivity index (χ3v) is 3.95. The maximum atomic E-state index is 12.3. The summed E-state index contributed by atoms with van der Waals surface area (Å²) in [4.78, 5) is 12.3. The van der Waals surface area contributed by atoms with E-state index in [-0.39, 0.29) is 5.91 Å². The van der Waals surface area contributed by atoms with Crippen LogP contribution < -0.4 is 10.1 Å². The van der Waals surface area contributed by atoms with Gasteiger partial charge in [0.05, 0.1) is 11.4 Å². The van der Waals surface area contributed by atoms with Crippen molar-refractivity contribution in [2.24, 2.45) is 7.05 Å². The number of rotatable bonds is 5. The van der Waals surface area contributed by atoms with E-state index in [1.54, 1.807) is 35.1 Å². The molecule has 5 nitrogen and oxygen atoms in total. The number of aromatic nitrogens is 2. The minimum atomic E-state index is -0.165. The first-order valence-electron chi connectivity index (χ1n) is 7.80. The predicted octanol–water partition coefficient (Wildman–Crippen LogP) is 4.21. The van der Waals surface area contributed by atoms with E-state index in [0.717, 1.165) is 17.0 Å². The van der Waals surface area contributed by atoms with E-state index in [1.807, 2.05) is 38.2 Å². The summed E-state index contributed by atoms with van der Waals surface area (Å²) < 4.78 is 7.36. The summed E-state index contributed by atoms with van der Waals surface area (Å²) in [5.74, 6) is 0.583. The Kier molecular flexibility index (Phi) is 5.05. The Morgan fingerprint density at radius 3 is 2.44 bits per heavy atom. The first-order valence-corrected chi connectivity index (χ1v) is 8.18. The quantitative estimate of drug-likeness (QED) is 0.745. The zero-order valence-corrected chi connectivity index (χ0v) is 14.7. The van der Waals surface area contributed by atoms with Crippen molar-refractivity contribution in [2.45, 2.75) is 13.5 Å². The van der Waals surface area contributed by atoms with Gasteiger partial charge in [-0.1, -0.05) is 23.7 Å². The van der Waals surface area contributed by atoms with Crippen molar-refractivity contribution in [1.29, 1.82) is 0 Å². The van der Waals surface area contributed by atoms with Gasteiger partial charge in [0.15, 0.2) is 0 Å². The van der Waals surface area contributed by atoms with Gasteiger partial charge in [-0.2, -0.15) is 5.10 Å². The normalized spacial score (nSPS) is 10.5. The van der Waals surface area contributed by atoms with Gasteiger partial charge in [0, 0.05) is 23.8 Å². The van der Waals surface area contributed by atoms with Crippen molar-refractivity contribution in [3.8, 4) is 5.75 Å². The molecule has 1 heterocycles. The molecule has 0 aliphatic rings. The molecule has 0 aliphatic heterocycles. The zero-order valence-electron chi connectivity index (χ0n) is 14.0. The standard InChI is InChI=1S/C19H18ClN3O2/c1-13-18(11-23(2)22-13)21-19(24)15-5-3-14(4-6-15)12-25-17-9-7-16(20)8-10-17/h3-11H,12H2,1-2H3,(H,21,24). The van der Waals surface area contributed by atoms with Gasteiger partial charge in [0.25, 0.3) is 5.91 Å². The van der Waals surface area contributed by atoms with Crippen LogP contribution in [0.15, 0.2) is 54.7 Å². The molecule has 1 amide bonds. The number of nitrogens with one attached hydrogen (secondary N) is 1. The Morgan fingerprint density at radius 2 is 1.84 bits per heavy atom. The lowest BCUT2D eigenvalue weighted by molar-refractivity contribution is 0.102. The van der Waals surface area contributed by atoms with Crippen LogP contribution >= 0.6 is 11.6 Å². The zero-order chi connectivity index (χ0) is 17.8. The average Bonchev–Trinajstić information content (AvgIpc) is 2.92. The number of amides is 1. The fourth-order valence-electron chi connectivity index (χ4n) is 2.37. The second kappa shape index (κ2) is 7.40. The number of aryl methyl sites for hydroxylation is 2. The number of hydrogen-bond donors (Lipinski definition) is 1.